The smallest absolute Gasteiger partial charge is 0.130 e. The molecule has 0 heterocycles. The van der Waals surface area contributed by atoms with E-state index in [2.05, 4.69) is 58.9 Å². The highest BCUT2D eigenvalue weighted by Gasteiger charge is 2.28. The van der Waals surface area contributed by atoms with Crippen molar-refractivity contribution in [3.05, 3.63) is 35.4 Å². The molecule has 0 saturated heterocycles. The van der Waals surface area contributed by atoms with Crippen molar-refractivity contribution in [2.45, 2.75) is 79.6 Å². The van der Waals surface area contributed by atoms with Crippen LogP contribution in [0.25, 0.3) is 10.8 Å². The van der Waals surface area contributed by atoms with Crippen LogP contribution in [0.1, 0.15) is 77.8 Å². The molecule has 0 amide bonds. The zero-order chi connectivity index (χ0) is 20.8. The Morgan fingerprint density at radius 3 is 2.00 bits per heavy atom. The minimum atomic E-state index is 0.519. The third-order valence-corrected chi connectivity index (χ3v) is 5.96. The third-order valence-electron chi connectivity index (χ3n) is 5.96. The van der Waals surface area contributed by atoms with E-state index in [0.29, 0.717) is 11.8 Å². The number of fused-ring (bicyclic) bond motifs is 2. The molecule has 2 heteroatoms. The van der Waals surface area contributed by atoms with Crippen molar-refractivity contribution in [1.82, 2.24) is 0 Å². The normalized spacial score (nSPS) is 16.4. The van der Waals surface area contributed by atoms with Crippen LogP contribution in [0.4, 0.5) is 0 Å². The van der Waals surface area contributed by atoms with Gasteiger partial charge in [-0.25, -0.2) is 0 Å². The first-order valence-corrected chi connectivity index (χ1v) is 11.8. The van der Waals surface area contributed by atoms with Crippen molar-refractivity contribution in [3.63, 3.8) is 0 Å². The summed E-state index contributed by atoms with van der Waals surface area (Å²) in [6.45, 7) is 12.7. The topological polar surface area (TPSA) is 18.5 Å². The molecule has 0 bridgehead atoms. The molecule has 2 aromatic carbocycles. The molecule has 3 rings (SSSR count). The molecule has 160 valence electrons. The highest BCUT2D eigenvalue weighted by atomic mass is 16.5. The largest absolute Gasteiger partial charge is 0.492 e. The van der Waals surface area contributed by atoms with Crippen LogP contribution in [0.5, 0.6) is 11.5 Å². The zero-order valence-electron chi connectivity index (χ0n) is 19.2. The van der Waals surface area contributed by atoms with Crippen LogP contribution in [0.15, 0.2) is 24.3 Å². The van der Waals surface area contributed by atoms with Crippen molar-refractivity contribution in [3.8, 4) is 11.5 Å². The molecule has 1 atom stereocenters. The third kappa shape index (κ3) is 5.47. The molecule has 2 aromatic rings. The lowest BCUT2D eigenvalue weighted by atomic mass is 9.79. The summed E-state index contributed by atoms with van der Waals surface area (Å²) < 4.78 is 12.9. The minimum absolute atomic E-state index is 0.519. The molecule has 0 aromatic heterocycles. The van der Waals surface area contributed by atoms with Crippen molar-refractivity contribution < 1.29 is 9.47 Å². The van der Waals surface area contributed by atoms with Crippen LogP contribution in [-0.2, 0) is 12.8 Å². The highest BCUT2D eigenvalue weighted by molar-refractivity contribution is 5.96. The summed E-state index contributed by atoms with van der Waals surface area (Å²) in [6, 6.07) is 8.68. The van der Waals surface area contributed by atoms with Gasteiger partial charge in [0.25, 0.3) is 0 Å². The molecule has 0 radical (unpaired) electrons. The molecule has 1 aliphatic rings. The fourth-order valence-electron chi connectivity index (χ4n) is 4.46. The van der Waals surface area contributed by atoms with Gasteiger partial charge in [0, 0.05) is 21.9 Å². The average Bonchev–Trinajstić information content (AvgIpc) is 2.70. The lowest BCUT2D eigenvalue weighted by Crippen LogP contribution is -2.19. The number of rotatable bonds is 10. The molecule has 1 unspecified atom stereocenters. The summed E-state index contributed by atoms with van der Waals surface area (Å²) in [4.78, 5) is 0. The van der Waals surface area contributed by atoms with Gasteiger partial charge >= 0.3 is 0 Å². The molecule has 0 saturated carbocycles. The Balaban J connectivity index is 2.04. The van der Waals surface area contributed by atoms with Crippen LogP contribution in [0, 0.1) is 17.8 Å². The van der Waals surface area contributed by atoms with E-state index in [0.717, 1.165) is 43.5 Å². The Kier molecular flexibility index (Phi) is 7.86. The molecule has 0 spiro atoms. The summed E-state index contributed by atoms with van der Waals surface area (Å²) in [5.74, 6) is 4.06. The SMILES string of the molecule is CCCCCC1CCc2c(c(OCC(C)C)c3ccccc3c2OCC(C)C)C1. The summed E-state index contributed by atoms with van der Waals surface area (Å²) >= 11 is 0. The summed E-state index contributed by atoms with van der Waals surface area (Å²) in [5, 5.41) is 2.44. The first-order valence-electron chi connectivity index (χ1n) is 11.8. The van der Waals surface area contributed by atoms with Gasteiger partial charge in [-0.2, -0.15) is 0 Å². The van der Waals surface area contributed by atoms with Gasteiger partial charge in [0.05, 0.1) is 13.2 Å². The summed E-state index contributed by atoms with van der Waals surface area (Å²) in [5.41, 5.74) is 2.84. The van der Waals surface area contributed by atoms with Gasteiger partial charge in [0.1, 0.15) is 11.5 Å². The number of hydrogen-bond acceptors (Lipinski definition) is 2. The Bertz CT molecular complexity index is 791. The van der Waals surface area contributed by atoms with E-state index in [9.17, 15) is 0 Å². The second-order valence-electron chi connectivity index (χ2n) is 9.68. The zero-order valence-corrected chi connectivity index (χ0v) is 19.2. The van der Waals surface area contributed by atoms with E-state index < -0.39 is 0 Å². The van der Waals surface area contributed by atoms with Crippen LogP contribution < -0.4 is 9.47 Å². The van der Waals surface area contributed by atoms with Crippen LogP contribution in [0.3, 0.4) is 0 Å². The lowest BCUT2D eigenvalue weighted by molar-refractivity contribution is 0.259. The Morgan fingerprint density at radius 2 is 1.45 bits per heavy atom. The molecular formula is C27H40O2. The standard InChI is InChI=1S/C27H40O2/c1-6-7-8-11-21-14-15-24-25(16-21)27(29-18-20(4)5)23-13-10-9-12-22(23)26(24)28-17-19(2)3/h9-10,12-13,19-21H,6-8,11,14-18H2,1-5H3. The molecule has 29 heavy (non-hydrogen) atoms. The van der Waals surface area contributed by atoms with Gasteiger partial charge in [-0.15, -0.1) is 0 Å². The molecule has 0 N–H and O–H groups in total. The van der Waals surface area contributed by atoms with Crippen LogP contribution in [-0.4, -0.2) is 13.2 Å². The number of ether oxygens (including phenoxy) is 2. The predicted molar refractivity (Wildman–Crippen MR) is 124 cm³/mol. The van der Waals surface area contributed by atoms with Crippen molar-refractivity contribution in [2.24, 2.45) is 17.8 Å². The maximum atomic E-state index is 6.48. The van der Waals surface area contributed by atoms with E-state index in [4.69, 9.17) is 9.47 Å². The Hall–Kier alpha value is -1.70. The fraction of sp³-hybridized carbons (Fsp3) is 0.630. The maximum absolute atomic E-state index is 6.48. The first kappa shape index (κ1) is 22.0. The Labute approximate surface area is 178 Å². The van der Waals surface area contributed by atoms with Crippen LogP contribution >= 0.6 is 0 Å². The van der Waals surface area contributed by atoms with Crippen molar-refractivity contribution in [2.75, 3.05) is 13.2 Å². The second-order valence-corrected chi connectivity index (χ2v) is 9.68. The van der Waals surface area contributed by atoms with Crippen molar-refractivity contribution >= 4 is 10.8 Å². The van der Waals surface area contributed by atoms with E-state index in [-0.39, 0.29) is 0 Å². The van der Waals surface area contributed by atoms with Gasteiger partial charge in [-0.05, 0) is 37.0 Å². The average molecular weight is 397 g/mol. The summed E-state index contributed by atoms with van der Waals surface area (Å²) in [6.07, 6.45) is 8.85. The van der Waals surface area contributed by atoms with E-state index >= 15 is 0 Å². The number of benzene rings is 2. The highest BCUT2D eigenvalue weighted by Crippen LogP contribution is 2.46. The van der Waals surface area contributed by atoms with Crippen LogP contribution in [0.2, 0.25) is 0 Å². The molecule has 1 aliphatic carbocycles. The van der Waals surface area contributed by atoms with E-state index in [1.807, 2.05) is 0 Å². The maximum Gasteiger partial charge on any atom is 0.130 e. The van der Waals surface area contributed by atoms with Gasteiger partial charge in [0.2, 0.25) is 0 Å². The van der Waals surface area contributed by atoms with E-state index in [1.165, 1.54) is 54.0 Å². The number of hydrogen-bond donors (Lipinski definition) is 0. The van der Waals surface area contributed by atoms with Crippen molar-refractivity contribution in [1.29, 1.82) is 0 Å². The monoisotopic (exact) mass is 396 g/mol. The van der Waals surface area contributed by atoms with Gasteiger partial charge in [-0.3, -0.25) is 0 Å². The first-order chi connectivity index (χ1) is 14.0. The summed E-state index contributed by atoms with van der Waals surface area (Å²) in [7, 11) is 0. The molecule has 0 fully saturated rings. The predicted octanol–water partition coefficient (Wildman–Crippen LogP) is 7.59. The second kappa shape index (κ2) is 10.4. The van der Waals surface area contributed by atoms with Gasteiger partial charge < -0.3 is 9.47 Å². The fourth-order valence-corrected chi connectivity index (χ4v) is 4.46. The minimum Gasteiger partial charge on any atom is -0.492 e. The lowest BCUT2D eigenvalue weighted by Gasteiger charge is -2.30. The molecule has 0 aliphatic heterocycles. The number of unbranched alkanes of at least 4 members (excludes halogenated alkanes) is 2. The quantitative estimate of drug-likeness (QED) is 0.385. The van der Waals surface area contributed by atoms with Gasteiger partial charge in [-0.1, -0.05) is 84.6 Å². The van der Waals surface area contributed by atoms with E-state index in [1.54, 1.807) is 0 Å². The Morgan fingerprint density at radius 1 is 0.862 bits per heavy atom. The molecule has 2 nitrogen and oxygen atoms in total. The molecular weight excluding hydrogens is 356 g/mol. The van der Waals surface area contributed by atoms with Gasteiger partial charge in [0.15, 0.2) is 0 Å².